The van der Waals surface area contributed by atoms with Gasteiger partial charge in [-0.25, -0.2) is 0 Å². The summed E-state index contributed by atoms with van der Waals surface area (Å²) >= 11 is 0. The average Bonchev–Trinajstić information content (AvgIpc) is 2.38. The molecule has 0 aromatic heterocycles. The molecule has 1 aliphatic rings. The molecule has 1 fully saturated rings. The van der Waals surface area contributed by atoms with Gasteiger partial charge in [0.05, 0.1) is 0 Å². The molecule has 1 aliphatic heterocycles. The summed E-state index contributed by atoms with van der Waals surface area (Å²) in [6.45, 7) is 19.6. The van der Waals surface area contributed by atoms with Crippen LogP contribution in [0.4, 0.5) is 0 Å². The first-order chi connectivity index (χ1) is 9.66. The third-order valence-corrected chi connectivity index (χ3v) is 4.55. The van der Waals surface area contributed by atoms with E-state index < -0.39 is 0 Å². The Morgan fingerprint density at radius 2 is 1.33 bits per heavy atom. The summed E-state index contributed by atoms with van der Waals surface area (Å²) in [6.07, 6.45) is 0. The fourth-order valence-electron chi connectivity index (χ4n) is 2.95. The number of benzene rings is 1. The Labute approximate surface area is 131 Å². The fraction of sp³-hybridized carbons (Fsp3) is 0.684. The van der Waals surface area contributed by atoms with Gasteiger partial charge < -0.3 is 0 Å². The summed E-state index contributed by atoms with van der Waals surface area (Å²) in [5.41, 5.74) is 3.41. The van der Waals surface area contributed by atoms with Crippen molar-refractivity contribution in [2.45, 2.75) is 59.0 Å². The van der Waals surface area contributed by atoms with E-state index in [9.17, 15) is 0 Å². The van der Waals surface area contributed by atoms with Gasteiger partial charge in [0.15, 0.2) is 0 Å². The van der Waals surface area contributed by atoms with Crippen LogP contribution in [0.15, 0.2) is 24.3 Å². The molecule has 21 heavy (non-hydrogen) atoms. The third-order valence-electron chi connectivity index (χ3n) is 4.55. The standard InChI is InChI=1S/C19H32N2/c1-18(2,3)17-9-7-16(8-10-17)15-20-11-13-21(14-12-20)19(4,5)6/h7-10H,11-15H2,1-6H3. The number of piperazine rings is 1. The van der Waals surface area contributed by atoms with E-state index in [0.717, 1.165) is 6.54 Å². The highest BCUT2D eigenvalue weighted by Gasteiger charge is 2.25. The van der Waals surface area contributed by atoms with Crippen LogP contribution in [0.25, 0.3) is 0 Å². The molecule has 2 nitrogen and oxygen atoms in total. The molecule has 0 spiro atoms. The molecular weight excluding hydrogens is 256 g/mol. The second-order valence-electron chi connectivity index (χ2n) is 8.38. The van der Waals surface area contributed by atoms with Gasteiger partial charge in [-0.2, -0.15) is 0 Å². The van der Waals surface area contributed by atoms with Gasteiger partial charge >= 0.3 is 0 Å². The Kier molecular flexibility index (Phi) is 4.79. The van der Waals surface area contributed by atoms with E-state index >= 15 is 0 Å². The minimum Gasteiger partial charge on any atom is -0.297 e. The van der Waals surface area contributed by atoms with Crippen LogP contribution in [0.5, 0.6) is 0 Å². The summed E-state index contributed by atoms with van der Waals surface area (Å²) in [5, 5.41) is 0. The zero-order chi connectivity index (χ0) is 15.7. The minimum atomic E-state index is 0.247. The first kappa shape index (κ1) is 16.5. The normalized spacial score (nSPS) is 19.0. The molecule has 118 valence electrons. The quantitative estimate of drug-likeness (QED) is 0.814. The zero-order valence-corrected chi connectivity index (χ0v) is 14.7. The maximum absolute atomic E-state index is 2.59. The second kappa shape index (κ2) is 6.10. The zero-order valence-electron chi connectivity index (χ0n) is 14.7. The van der Waals surface area contributed by atoms with Crippen LogP contribution in [-0.2, 0) is 12.0 Å². The first-order valence-corrected chi connectivity index (χ1v) is 8.23. The molecule has 1 aromatic rings. The van der Waals surface area contributed by atoms with Crippen molar-refractivity contribution in [3.05, 3.63) is 35.4 Å². The van der Waals surface area contributed by atoms with Gasteiger partial charge in [0, 0.05) is 38.3 Å². The highest BCUT2D eigenvalue weighted by Crippen LogP contribution is 2.23. The molecule has 0 radical (unpaired) electrons. The van der Waals surface area contributed by atoms with Gasteiger partial charge in [-0.15, -0.1) is 0 Å². The van der Waals surface area contributed by atoms with Crippen LogP contribution in [-0.4, -0.2) is 41.5 Å². The van der Waals surface area contributed by atoms with E-state index in [4.69, 9.17) is 0 Å². The van der Waals surface area contributed by atoms with Crippen molar-refractivity contribution in [1.82, 2.24) is 9.80 Å². The van der Waals surface area contributed by atoms with Crippen molar-refractivity contribution in [2.75, 3.05) is 26.2 Å². The number of nitrogens with zero attached hydrogens (tertiary/aromatic N) is 2. The van der Waals surface area contributed by atoms with Crippen LogP contribution in [0.1, 0.15) is 52.7 Å². The van der Waals surface area contributed by atoms with E-state index in [0.29, 0.717) is 5.54 Å². The highest BCUT2D eigenvalue weighted by molar-refractivity contribution is 5.27. The Hall–Kier alpha value is -0.860. The summed E-state index contributed by atoms with van der Waals surface area (Å²) in [6, 6.07) is 9.19. The monoisotopic (exact) mass is 288 g/mol. The predicted molar refractivity (Wildman–Crippen MR) is 91.7 cm³/mol. The number of hydrogen-bond acceptors (Lipinski definition) is 2. The van der Waals surface area contributed by atoms with Crippen molar-refractivity contribution in [2.24, 2.45) is 0 Å². The van der Waals surface area contributed by atoms with Gasteiger partial charge in [0.2, 0.25) is 0 Å². The Balaban J connectivity index is 1.89. The highest BCUT2D eigenvalue weighted by atomic mass is 15.3. The molecule has 1 saturated heterocycles. The third kappa shape index (κ3) is 4.55. The van der Waals surface area contributed by atoms with E-state index in [1.807, 2.05) is 0 Å². The van der Waals surface area contributed by atoms with Crippen LogP contribution >= 0.6 is 0 Å². The number of hydrogen-bond donors (Lipinski definition) is 0. The van der Waals surface area contributed by atoms with Crippen molar-refractivity contribution < 1.29 is 0 Å². The lowest BCUT2D eigenvalue weighted by Crippen LogP contribution is -2.53. The molecule has 0 aliphatic carbocycles. The molecule has 0 saturated carbocycles. The molecule has 0 atom stereocenters. The minimum absolute atomic E-state index is 0.247. The first-order valence-electron chi connectivity index (χ1n) is 8.23. The van der Waals surface area contributed by atoms with E-state index in [-0.39, 0.29) is 5.41 Å². The van der Waals surface area contributed by atoms with Crippen molar-refractivity contribution in [3.63, 3.8) is 0 Å². The molecule has 2 heteroatoms. The molecule has 0 N–H and O–H groups in total. The van der Waals surface area contributed by atoms with Crippen molar-refractivity contribution in [3.8, 4) is 0 Å². The maximum atomic E-state index is 2.59. The Morgan fingerprint density at radius 3 is 1.76 bits per heavy atom. The van der Waals surface area contributed by atoms with Crippen LogP contribution in [0, 0.1) is 0 Å². The van der Waals surface area contributed by atoms with Gasteiger partial charge in [-0.1, -0.05) is 45.0 Å². The van der Waals surface area contributed by atoms with E-state index in [1.54, 1.807) is 0 Å². The van der Waals surface area contributed by atoms with Gasteiger partial charge in [-0.05, 0) is 37.3 Å². The van der Waals surface area contributed by atoms with Crippen LogP contribution in [0.2, 0.25) is 0 Å². The Bertz CT molecular complexity index is 440. The number of rotatable bonds is 2. The molecular formula is C19H32N2. The molecule has 1 heterocycles. The lowest BCUT2D eigenvalue weighted by molar-refractivity contribution is 0.0591. The molecule has 0 amide bonds. The maximum Gasteiger partial charge on any atom is 0.0234 e. The molecule has 0 bridgehead atoms. The van der Waals surface area contributed by atoms with Crippen LogP contribution < -0.4 is 0 Å². The fourth-order valence-corrected chi connectivity index (χ4v) is 2.95. The average molecular weight is 288 g/mol. The summed E-state index contributed by atoms with van der Waals surface area (Å²) in [7, 11) is 0. The smallest absolute Gasteiger partial charge is 0.0234 e. The summed E-state index contributed by atoms with van der Waals surface area (Å²) in [4.78, 5) is 5.17. The van der Waals surface area contributed by atoms with Crippen molar-refractivity contribution >= 4 is 0 Å². The second-order valence-corrected chi connectivity index (χ2v) is 8.38. The SMILES string of the molecule is CC(C)(C)c1ccc(CN2CCN(C(C)(C)C)CC2)cc1. The van der Waals surface area contributed by atoms with Crippen molar-refractivity contribution in [1.29, 1.82) is 0 Å². The van der Waals surface area contributed by atoms with Gasteiger partial charge in [0.25, 0.3) is 0 Å². The molecule has 1 aromatic carbocycles. The predicted octanol–water partition coefficient (Wildman–Crippen LogP) is 3.90. The lowest BCUT2D eigenvalue weighted by atomic mass is 9.87. The van der Waals surface area contributed by atoms with E-state index in [2.05, 4.69) is 75.6 Å². The molecule has 2 rings (SSSR count). The Morgan fingerprint density at radius 1 is 0.810 bits per heavy atom. The van der Waals surface area contributed by atoms with E-state index in [1.165, 1.54) is 37.3 Å². The largest absolute Gasteiger partial charge is 0.297 e. The summed E-state index contributed by atoms with van der Waals surface area (Å²) in [5.74, 6) is 0. The van der Waals surface area contributed by atoms with Gasteiger partial charge in [-0.3, -0.25) is 9.80 Å². The van der Waals surface area contributed by atoms with Crippen LogP contribution in [0.3, 0.4) is 0 Å². The van der Waals surface area contributed by atoms with Gasteiger partial charge in [0.1, 0.15) is 0 Å². The molecule has 0 unspecified atom stereocenters. The topological polar surface area (TPSA) is 6.48 Å². The lowest BCUT2D eigenvalue weighted by Gasteiger charge is -2.42. The summed E-state index contributed by atoms with van der Waals surface area (Å²) < 4.78 is 0.